The number of carbonyl (C=O) groups excluding carboxylic acids is 2. The highest BCUT2D eigenvalue weighted by molar-refractivity contribution is 5.86. The molecule has 4 aromatic rings. The van der Waals surface area contributed by atoms with Gasteiger partial charge in [0, 0.05) is 42.3 Å². The Bertz CT molecular complexity index is 1600. The van der Waals surface area contributed by atoms with Gasteiger partial charge in [0.05, 0.1) is 41.0 Å². The summed E-state index contributed by atoms with van der Waals surface area (Å²) < 4.78 is 24.1. The average Bonchev–Trinajstić information content (AvgIpc) is 3.51. The van der Waals surface area contributed by atoms with Crippen LogP contribution in [0, 0.1) is 5.92 Å². The number of nitrogens with one attached hydrogen (secondary N) is 1. The summed E-state index contributed by atoms with van der Waals surface area (Å²) in [6, 6.07) is 11.3. The zero-order valence-corrected chi connectivity index (χ0v) is 26.3. The van der Waals surface area contributed by atoms with E-state index in [1.807, 2.05) is 41.1 Å². The SMILES string of the molecule is COc1ccc(CN(Cc2ccc(OC)cc2OC)c2ncnc3c2nnn3[C@@H]2CCC[C@H](C(=O)NCC(C)=O)C2)c(OC)c1. The molecule has 1 aliphatic rings. The van der Waals surface area contributed by atoms with Gasteiger partial charge >= 0.3 is 0 Å². The molecule has 5 rings (SSSR count). The van der Waals surface area contributed by atoms with Gasteiger partial charge in [-0.05, 0) is 50.5 Å². The Labute approximate surface area is 261 Å². The van der Waals surface area contributed by atoms with E-state index >= 15 is 0 Å². The molecule has 1 aliphatic carbocycles. The van der Waals surface area contributed by atoms with Crippen LogP contribution in [-0.4, -0.2) is 71.6 Å². The zero-order chi connectivity index (χ0) is 31.9. The molecule has 45 heavy (non-hydrogen) atoms. The smallest absolute Gasteiger partial charge is 0.223 e. The highest BCUT2D eigenvalue weighted by atomic mass is 16.5. The third kappa shape index (κ3) is 7.08. The summed E-state index contributed by atoms with van der Waals surface area (Å²) in [5.41, 5.74) is 2.96. The van der Waals surface area contributed by atoms with Crippen LogP contribution in [0.5, 0.6) is 23.0 Å². The van der Waals surface area contributed by atoms with Crippen molar-refractivity contribution in [3.8, 4) is 23.0 Å². The van der Waals surface area contributed by atoms with E-state index in [-0.39, 0.29) is 30.2 Å². The van der Waals surface area contributed by atoms with Crippen molar-refractivity contribution >= 4 is 28.7 Å². The summed E-state index contributed by atoms with van der Waals surface area (Å²) in [6.07, 6.45) is 4.54. The first-order chi connectivity index (χ1) is 21.8. The molecular weight excluding hydrogens is 578 g/mol. The number of hydrogen-bond donors (Lipinski definition) is 1. The number of fused-ring (bicyclic) bond motifs is 1. The summed E-state index contributed by atoms with van der Waals surface area (Å²) in [4.78, 5) is 35.5. The maximum atomic E-state index is 12.8. The quantitative estimate of drug-likeness (QED) is 0.233. The van der Waals surface area contributed by atoms with Crippen molar-refractivity contribution in [3.63, 3.8) is 0 Å². The largest absolute Gasteiger partial charge is 0.497 e. The van der Waals surface area contributed by atoms with E-state index in [1.165, 1.54) is 13.3 Å². The van der Waals surface area contributed by atoms with Crippen molar-refractivity contribution in [2.75, 3.05) is 39.9 Å². The van der Waals surface area contributed by atoms with Crippen LogP contribution in [0.4, 0.5) is 5.82 Å². The first kappa shape index (κ1) is 31.5. The van der Waals surface area contributed by atoms with E-state index in [4.69, 9.17) is 23.9 Å². The van der Waals surface area contributed by atoms with Crippen molar-refractivity contribution in [2.45, 2.75) is 51.7 Å². The fraction of sp³-hybridized carbons (Fsp3) is 0.438. The molecule has 1 amide bonds. The Morgan fingerprint density at radius 3 is 2.13 bits per heavy atom. The summed E-state index contributed by atoms with van der Waals surface area (Å²) in [6.45, 7) is 2.34. The highest BCUT2D eigenvalue weighted by Gasteiger charge is 2.31. The van der Waals surface area contributed by atoms with E-state index in [1.54, 1.807) is 28.4 Å². The number of rotatable bonds is 13. The minimum atomic E-state index is -0.217. The van der Waals surface area contributed by atoms with Gasteiger partial charge in [0.15, 0.2) is 17.0 Å². The second-order valence-corrected chi connectivity index (χ2v) is 11.1. The predicted molar refractivity (Wildman–Crippen MR) is 167 cm³/mol. The molecule has 0 radical (unpaired) electrons. The minimum Gasteiger partial charge on any atom is -0.497 e. The van der Waals surface area contributed by atoms with E-state index < -0.39 is 0 Å². The Morgan fingerprint density at radius 2 is 1.56 bits per heavy atom. The van der Waals surface area contributed by atoms with Gasteiger partial charge in [-0.3, -0.25) is 9.59 Å². The fourth-order valence-corrected chi connectivity index (χ4v) is 5.79. The second kappa shape index (κ2) is 14.2. The van der Waals surface area contributed by atoms with Gasteiger partial charge in [0.25, 0.3) is 0 Å². The van der Waals surface area contributed by atoms with E-state index in [0.29, 0.717) is 59.5 Å². The van der Waals surface area contributed by atoms with Gasteiger partial charge in [0.2, 0.25) is 5.91 Å². The van der Waals surface area contributed by atoms with Crippen LogP contribution in [-0.2, 0) is 22.7 Å². The maximum absolute atomic E-state index is 12.8. The molecule has 1 saturated carbocycles. The molecule has 0 bridgehead atoms. The molecule has 0 spiro atoms. The van der Waals surface area contributed by atoms with Crippen LogP contribution in [0.1, 0.15) is 49.8 Å². The Hall–Kier alpha value is -4.94. The molecule has 2 heterocycles. The molecule has 0 saturated heterocycles. The number of aromatic nitrogens is 5. The lowest BCUT2D eigenvalue weighted by Gasteiger charge is -2.28. The molecule has 1 N–H and O–H groups in total. The molecular formula is C32H39N7O6. The number of Topliss-reactive ketones (excluding diaryl/α,β-unsaturated/α-hetero) is 1. The molecule has 0 unspecified atom stereocenters. The Balaban J connectivity index is 1.51. The number of amides is 1. The number of hydrogen-bond acceptors (Lipinski definition) is 11. The third-order valence-electron chi connectivity index (χ3n) is 8.13. The summed E-state index contributed by atoms with van der Waals surface area (Å²) in [5.74, 6) is 2.91. The van der Waals surface area contributed by atoms with Gasteiger partial charge < -0.3 is 29.2 Å². The van der Waals surface area contributed by atoms with Gasteiger partial charge in [-0.1, -0.05) is 11.6 Å². The monoisotopic (exact) mass is 617 g/mol. The van der Waals surface area contributed by atoms with Crippen LogP contribution in [0.3, 0.4) is 0 Å². The maximum Gasteiger partial charge on any atom is 0.223 e. The number of ketones is 1. The summed E-state index contributed by atoms with van der Waals surface area (Å²) in [7, 11) is 6.48. The minimum absolute atomic E-state index is 0.0383. The van der Waals surface area contributed by atoms with Crippen molar-refractivity contribution in [1.29, 1.82) is 0 Å². The number of ether oxygens (including phenoxy) is 4. The zero-order valence-electron chi connectivity index (χ0n) is 26.3. The number of carbonyl (C=O) groups is 2. The third-order valence-corrected chi connectivity index (χ3v) is 8.13. The number of benzene rings is 2. The molecule has 2 atom stereocenters. The predicted octanol–water partition coefficient (Wildman–Crippen LogP) is 3.90. The lowest BCUT2D eigenvalue weighted by molar-refractivity contribution is -0.128. The normalized spacial score (nSPS) is 16.2. The van der Waals surface area contributed by atoms with Crippen molar-refractivity contribution < 1.29 is 28.5 Å². The van der Waals surface area contributed by atoms with Crippen molar-refractivity contribution in [2.24, 2.45) is 5.92 Å². The molecule has 238 valence electrons. The van der Waals surface area contributed by atoms with Gasteiger partial charge in [-0.2, -0.15) is 0 Å². The standard InChI is InChI=1S/C32H39N7O6/c1-20(40)16-33-32(41)21-7-6-8-24(13-21)39-31-29(36-37-39)30(34-19-35-31)38(17-22-9-11-25(42-2)14-27(22)44-4)18-23-10-12-26(43-3)15-28(23)45-5/h9-12,14-15,19,21,24H,6-8,13,16-18H2,1-5H3,(H,33,41)/t21-,24+/m0/s1. The summed E-state index contributed by atoms with van der Waals surface area (Å²) in [5, 5.41) is 11.8. The molecule has 13 nitrogen and oxygen atoms in total. The first-order valence-electron chi connectivity index (χ1n) is 14.8. The first-order valence-corrected chi connectivity index (χ1v) is 14.8. The van der Waals surface area contributed by atoms with E-state index in [9.17, 15) is 9.59 Å². The van der Waals surface area contributed by atoms with Crippen LogP contribution in [0.25, 0.3) is 11.2 Å². The molecule has 0 aliphatic heterocycles. The highest BCUT2D eigenvalue weighted by Crippen LogP contribution is 2.36. The van der Waals surface area contributed by atoms with Crippen molar-refractivity contribution in [1.82, 2.24) is 30.3 Å². The fourth-order valence-electron chi connectivity index (χ4n) is 5.79. The lowest BCUT2D eigenvalue weighted by Crippen LogP contribution is -2.36. The Kier molecular flexibility index (Phi) is 9.95. The van der Waals surface area contributed by atoms with E-state index in [0.717, 1.165) is 30.4 Å². The topological polar surface area (TPSA) is 143 Å². The molecule has 13 heteroatoms. The second-order valence-electron chi connectivity index (χ2n) is 11.1. The van der Waals surface area contributed by atoms with Crippen LogP contribution in [0.15, 0.2) is 42.7 Å². The molecule has 2 aromatic carbocycles. The summed E-state index contributed by atoms with van der Waals surface area (Å²) >= 11 is 0. The molecule has 1 fully saturated rings. The van der Waals surface area contributed by atoms with Gasteiger partial charge in [0.1, 0.15) is 35.1 Å². The van der Waals surface area contributed by atoms with Gasteiger partial charge in [-0.25, -0.2) is 14.6 Å². The Morgan fingerprint density at radius 1 is 0.911 bits per heavy atom. The van der Waals surface area contributed by atoms with Crippen LogP contribution in [0.2, 0.25) is 0 Å². The van der Waals surface area contributed by atoms with Crippen LogP contribution < -0.4 is 29.2 Å². The average molecular weight is 618 g/mol. The number of anilines is 1. The lowest BCUT2D eigenvalue weighted by atomic mass is 9.85. The number of nitrogens with zero attached hydrogens (tertiary/aromatic N) is 6. The van der Waals surface area contributed by atoms with Crippen LogP contribution >= 0.6 is 0 Å². The number of methoxy groups -OCH3 is 4. The van der Waals surface area contributed by atoms with Gasteiger partial charge in [-0.15, -0.1) is 5.10 Å². The van der Waals surface area contributed by atoms with E-state index in [2.05, 4.69) is 25.5 Å². The van der Waals surface area contributed by atoms with Crippen molar-refractivity contribution in [3.05, 3.63) is 53.9 Å². The molecule has 2 aromatic heterocycles.